The first kappa shape index (κ1) is 14.9. The number of anilines is 2. The highest BCUT2D eigenvalue weighted by Crippen LogP contribution is 2.36. The first-order valence-corrected chi connectivity index (χ1v) is 8.13. The van der Waals surface area contributed by atoms with Crippen LogP contribution in [0.5, 0.6) is 0 Å². The van der Waals surface area contributed by atoms with Crippen LogP contribution in [0.25, 0.3) is 0 Å². The van der Waals surface area contributed by atoms with Gasteiger partial charge in [-0.3, -0.25) is 9.59 Å². The molecule has 4 rings (SSSR count). The lowest BCUT2D eigenvalue weighted by molar-refractivity contribution is -0.119. The molecule has 2 aromatic rings. The molecule has 122 valence electrons. The predicted molar refractivity (Wildman–Crippen MR) is 89.6 cm³/mol. The lowest BCUT2D eigenvalue weighted by Crippen LogP contribution is -2.30. The summed E-state index contributed by atoms with van der Waals surface area (Å²) >= 11 is 0. The van der Waals surface area contributed by atoms with Crippen LogP contribution in [-0.2, 0) is 11.2 Å². The van der Waals surface area contributed by atoms with Gasteiger partial charge in [0.2, 0.25) is 5.91 Å². The average Bonchev–Trinajstić information content (AvgIpc) is 3.33. The molecule has 1 fully saturated rings. The summed E-state index contributed by atoms with van der Waals surface area (Å²) in [5.41, 5.74) is 2.86. The molecule has 2 amide bonds. The molecule has 1 saturated carbocycles. The molecule has 24 heavy (non-hydrogen) atoms. The van der Waals surface area contributed by atoms with Crippen LogP contribution in [0.4, 0.5) is 15.8 Å². The van der Waals surface area contributed by atoms with Crippen LogP contribution in [-0.4, -0.2) is 18.4 Å². The van der Waals surface area contributed by atoms with Crippen molar-refractivity contribution in [1.82, 2.24) is 0 Å². The summed E-state index contributed by atoms with van der Waals surface area (Å²) in [5.74, 6) is -0.288. The van der Waals surface area contributed by atoms with E-state index in [0.717, 1.165) is 30.5 Å². The van der Waals surface area contributed by atoms with Crippen LogP contribution in [0, 0.1) is 11.7 Å². The molecule has 0 radical (unpaired) electrons. The number of hydrogen-bond acceptors (Lipinski definition) is 2. The van der Waals surface area contributed by atoms with Gasteiger partial charge in [0.1, 0.15) is 5.82 Å². The molecule has 0 saturated heterocycles. The molecule has 4 nitrogen and oxygen atoms in total. The monoisotopic (exact) mass is 324 g/mol. The van der Waals surface area contributed by atoms with Crippen LogP contribution in [0.3, 0.4) is 0 Å². The molecule has 1 heterocycles. The normalized spacial score (nSPS) is 16.0. The smallest absolute Gasteiger partial charge is 0.255 e. The van der Waals surface area contributed by atoms with Gasteiger partial charge in [-0.1, -0.05) is 6.07 Å². The first-order valence-electron chi connectivity index (χ1n) is 8.13. The van der Waals surface area contributed by atoms with Gasteiger partial charge in [0, 0.05) is 29.4 Å². The van der Waals surface area contributed by atoms with Crippen molar-refractivity contribution in [1.29, 1.82) is 0 Å². The topological polar surface area (TPSA) is 49.4 Å². The number of fused-ring (bicyclic) bond motifs is 1. The van der Waals surface area contributed by atoms with Gasteiger partial charge >= 0.3 is 0 Å². The molecule has 5 heteroatoms. The van der Waals surface area contributed by atoms with E-state index in [1.807, 2.05) is 17.0 Å². The third-order valence-electron chi connectivity index (χ3n) is 4.51. The fourth-order valence-corrected chi connectivity index (χ4v) is 3.09. The minimum Gasteiger partial charge on any atom is -0.322 e. The number of rotatable bonds is 3. The van der Waals surface area contributed by atoms with E-state index >= 15 is 0 Å². The quantitative estimate of drug-likeness (QED) is 0.941. The molecular formula is C19H17FN2O2. The molecule has 0 unspecified atom stereocenters. The Morgan fingerprint density at radius 1 is 1.12 bits per heavy atom. The van der Waals surface area contributed by atoms with E-state index in [-0.39, 0.29) is 17.7 Å². The highest BCUT2D eigenvalue weighted by Gasteiger charge is 2.36. The second kappa shape index (κ2) is 5.74. The number of nitrogens with one attached hydrogen (secondary N) is 1. The number of nitrogens with zero attached hydrogens (tertiary/aromatic N) is 1. The van der Waals surface area contributed by atoms with Gasteiger partial charge in [0.25, 0.3) is 5.91 Å². The van der Waals surface area contributed by atoms with Crippen molar-refractivity contribution in [3.05, 3.63) is 59.4 Å². The van der Waals surface area contributed by atoms with Crippen molar-refractivity contribution in [3.63, 3.8) is 0 Å². The molecule has 2 aliphatic rings. The van der Waals surface area contributed by atoms with E-state index in [1.165, 1.54) is 12.1 Å². The van der Waals surface area contributed by atoms with Crippen molar-refractivity contribution in [2.24, 2.45) is 5.92 Å². The van der Waals surface area contributed by atoms with E-state index in [4.69, 9.17) is 0 Å². The molecule has 0 spiro atoms. The van der Waals surface area contributed by atoms with Gasteiger partial charge in [-0.15, -0.1) is 0 Å². The Labute approximate surface area is 139 Å². The van der Waals surface area contributed by atoms with Crippen molar-refractivity contribution < 1.29 is 14.0 Å². The van der Waals surface area contributed by atoms with Crippen LogP contribution in [0.2, 0.25) is 0 Å². The van der Waals surface area contributed by atoms with Gasteiger partial charge < -0.3 is 10.2 Å². The van der Waals surface area contributed by atoms with E-state index < -0.39 is 5.82 Å². The molecular weight excluding hydrogens is 307 g/mol. The largest absolute Gasteiger partial charge is 0.322 e. The number of hydrogen-bond donors (Lipinski definition) is 1. The Balaban J connectivity index is 1.53. The van der Waals surface area contributed by atoms with Gasteiger partial charge in [0.05, 0.1) is 0 Å². The lowest BCUT2D eigenvalue weighted by Gasteiger charge is -2.17. The minimum atomic E-state index is -0.393. The maximum atomic E-state index is 13.2. The van der Waals surface area contributed by atoms with E-state index in [1.54, 1.807) is 18.2 Å². The fraction of sp³-hybridized carbons (Fsp3) is 0.263. The van der Waals surface area contributed by atoms with E-state index in [0.29, 0.717) is 17.8 Å². The van der Waals surface area contributed by atoms with E-state index in [2.05, 4.69) is 5.32 Å². The van der Waals surface area contributed by atoms with Crippen LogP contribution < -0.4 is 10.2 Å². The number of amides is 2. The minimum absolute atomic E-state index is 0.187. The summed E-state index contributed by atoms with van der Waals surface area (Å²) in [4.78, 5) is 26.5. The number of carbonyl (C=O) groups is 2. The Bertz CT molecular complexity index is 830. The summed E-state index contributed by atoms with van der Waals surface area (Å²) in [7, 11) is 0. The van der Waals surface area contributed by atoms with Crippen LogP contribution in [0.15, 0.2) is 42.5 Å². The van der Waals surface area contributed by atoms with Crippen molar-refractivity contribution >= 4 is 23.2 Å². The zero-order chi connectivity index (χ0) is 16.7. The van der Waals surface area contributed by atoms with Crippen LogP contribution >= 0.6 is 0 Å². The summed E-state index contributed by atoms with van der Waals surface area (Å²) in [6, 6.07) is 11.2. The van der Waals surface area contributed by atoms with Crippen molar-refractivity contribution in [2.75, 3.05) is 16.8 Å². The third kappa shape index (κ3) is 2.77. The Morgan fingerprint density at radius 2 is 1.96 bits per heavy atom. The molecule has 1 aliphatic carbocycles. The summed E-state index contributed by atoms with van der Waals surface area (Å²) < 4.78 is 13.2. The summed E-state index contributed by atoms with van der Waals surface area (Å²) in [6.07, 6.45) is 2.73. The highest BCUT2D eigenvalue weighted by atomic mass is 19.1. The van der Waals surface area contributed by atoms with Gasteiger partial charge in [-0.25, -0.2) is 4.39 Å². The zero-order valence-electron chi connectivity index (χ0n) is 13.1. The molecule has 2 aromatic carbocycles. The third-order valence-corrected chi connectivity index (χ3v) is 4.51. The fourth-order valence-electron chi connectivity index (χ4n) is 3.09. The molecule has 0 atom stereocenters. The van der Waals surface area contributed by atoms with Gasteiger partial charge in [-0.2, -0.15) is 0 Å². The number of halogens is 1. The van der Waals surface area contributed by atoms with Gasteiger partial charge in [0.15, 0.2) is 0 Å². The second-order valence-electron chi connectivity index (χ2n) is 6.32. The zero-order valence-corrected chi connectivity index (χ0v) is 13.1. The van der Waals surface area contributed by atoms with Crippen LogP contribution in [0.1, 0.15) is 28.8 Å². The van der Waals surface area contributed by atoms with Crippen molar-refractivity contribution in [3.8, 4) is 0 Å². The Kier molecular flexibility index (Phi) is 3.56. The van der Waals surface area contributed by atoms with Crippen molar-refractivity contribution in [2.45, 2.75) is 19.3 Å². The molecule has 1 aliphatic heterocycles. The number of carbonyl (C=O) groups excluding carboxylic acids is 2. The molecule has 0 aromatic heterocycles. The second-order valence-corrected chi connectivity index (χ2v) is 6.32. The first-order chi connectivity index (χ1) is 11.6. The predicted octanol–water partition coefficient (Wildman–Crippen LogP) is 3.38. The lowest BCUT2D eigenvalue weighted by atomic mass is 10.1. The maximum absolute atomic E-state index is 13.2. The Morgan fingerprint density at radius 3 is 2.71 bits per heavy atom. The average molecular weight is 324 g/mol. The standard InChI is InChI=1S/C19H17FN2O2/c20-15-2-1-3-16(11-15)21-18(23)14-6-7-17-13(10-14)8-9-22(17)19(24)12-4-5-12/h1-3,6-7,10-12H,4-5,8-9H2,(H,21,23). The SMILES string of the molecule is O=C(Nc1cccc(F)c1)c1ccc2c(c1)CCN2C(=O)C1CC1. The summed E-state index contributed by atoms with van der Waals surface area (Å²) in [5, 5.41) is 2.69. The maximum Gasteiger partial charge on any atom is 0.255 e. The van der Waals surface area contributed by atoms with Gasteiger partial charge in [-0.05, 0) is 61.2 Å². The molecule has 0 bridgehead atoms. The molecule has 1 N–H and O–H groups in total. The highest BCUT2D eigenvalue weighted by molar-refractivity contribution is 6.05. The Hall–Kier alpha value is -2.69. The number of benzene rings is 2. The van der Waals surface area contributed by atoms with E-state index in [9.17, 15) is 14.0 Å². The summed E-state index contributed by atoms with van der Waals surface area (Å²) in [6.45, 7) is 0.680.